The monoisotopic (exact) mass is 983 g/mol. The van der Waals surface area contributed by atoms with Gasteiger partial charge >= 0.3 is 0 Å². The molecule has 12 heteroatoms. The maximum Gasteiger partial charge on any atom is 0.192 e. The first-order chi connectivity index (χ1) is 29.8. The standard InChI is InChI=1S/2C27H49NO3Si2/c2*1-24(2,3)32(7,8)29-19-26-15-16-27(31-26,20-30-33(9,10)25(4,5)6)18-22(17-26)21-11-13-23(28)14-12-21/h2*11-14,22H,15-20,28H2,1-10H3/t2*22?,26-,27+. The van der Waals surface area contributed by atoms with Crippen LogP contribution in [0.2, 0.25) is 72.5 Å². The van der Waals surface area contributed by atoms with E-state index >= 15 is 0 Å². The molecule has 4 saturated heterocycles. The minimum atomic E-state index is -1.86. The molecule has 2 unspecified atom stereocenters. The Morgan fingerprint density at radius 1 is 0.409 bits per heavy atom. The van der Waals surface area contributed by atoms with Crippen molar-refractivity contribution in [3.63, 3.8) is 0 Å². The van der Waals surface area contributed by atoms with Crippen molar-refractivity contribution in [1.29, 1.82) is 0 Å². The lowest BCUT2D eigenvalue weighted by atomic mass is 9.80. The molecule has 0 amide bonds. The Morgan fingerprint density at radius 2 is 0.606 bits per heavy atom. The fraction of sp³-hybridized carbons (Fsp3) is 0.778. The Labute approximate surface area is 408 Å². The first-order valence-corrected chi connectivity index (χ1v) is 37.1. The van der Waals surface area contributed by atoms with Crippen LogP contribution in [0.1, 0.15) is 157 Å². The summed E-state index contributed by atoms with van der Waals surface area (Å²) in [5.41, 5.74) is 15.4. The molecule has 2 aromatic rings. The van der Waals surface area contributed by atoms with Crippen molar-refractivity contribution in [3.05, 3.63) is 59.7 Å². The van der Waals surface area contributed by atoms with Crippen LogP contribution in [-0.4, -0.2) is 82.1 Å². The number of anilines is 2. The van der Waals surface area contributed by atoms with E-state index in [-0.39, 0.29) is 42.6 Å². The van der Waals surface area contributed by atoms with Gasteiger partial charge in [-0.15, -0.1) is 0 Å². The molecule has 4 heterocycles. The number of nitrogens with two attached hydrogens (primary N) is 2. The summed E-state index contributed by atoms with van der Waals surface area (Å²) in [5, 5.41) is 0.761. The Hall–Kier alpha value is -1.33. The highest BCUT2D eigenvalue weighted by molar-refractivity contribution is 6.75. The van der Waals surface area contributed by atoms with Gasteiger partial charge in [-0.05, 0) is 171 Å². The van der Waals surface area contributed by atoms with E-state index in [4.69, 9.17) is 38.6 Å². The van der Waals surface area contributed by atoms with Crippen LogP contribution < -0.4 is 11.5 Å². The lowest BCUT2D eigenvalue weighted by Gasteiger charge is -2.47. The molecule has 6 atom stereocenters. The number of hydrogen-bond acceptors (Lipinski definition) is 8. The molecular formula is C54H98N2O6Si4. The van der Waals surface area contributed by atoms with Crippen LogP contribution in [-0.2, 0) is 27.2 Å². The lowest BCUT2D eigenvalue weighted by Crippen LogP contribution is -2.53. The van der Waals surface area contributed by atoms with Gasteiger partial charge in [-0.2, -0.15) is 0 Å². The van der Waals surface area contributed by atoms with Crippen LogP contribution in [0.15, 0.2) is 48.5 Å². The summed E-state index contributed by atoms with van der Waals surface area (Å²) in [6.45, 7) is 49.2. The maximum atomic E-state index is 7.03. The summed E-state index contributed by atoms with van der Waals surface area (Å²) < 4.78 is 41.1. The molecule has 0 radical (unpaired) electrons. The minimum absolute atomic E-state index is 0.190. The van der Waals surface area contributed by atoms with Crippen LogP contribution in [0, 0.1) is 0 Å². The van der Waals surface area contributed by atoms with Crippen molar-refractivity contribution in [3.8, 4) is 0 Å². The van der Waals surface area contributed by atoms with Gasteiger partial charge in [0.25, 0.3) is 0 Å². The number of fused-ring (bicyclic) bond motifs is 4. The van der Waals surface area contributed by atoms with E-state index in [2.05, 4.69) is 160 Å². The Morgan fingerprint density at radius 3 is 0.788 bits per heavy atom. The summed E-state index contributed by atoms with van der Waals surface area (Å²) in [6.07, 6.45) is 8.23. The predicted octanol–water partition coefficient (Wildman–Crippen LogP) is 15.0. The molecule has 0 aromatic heterocycles. The average Bonchev–Trinajstić information content (AvgIpc) is 3.62. The number of ether oxygens (including phenoxy) is 2. The zero-order chi connectivity index (χ0) is 49.8. The van der Waals surface area contributed by atoms with Gasteiger partial charge in [0.2, 0.25) is 0 Å². The van der Waals surface area contributed by atoms with Crippen molar-refractivity contribution in [2.24, 2.45) is 0 Å². The second kappa shape index (κ2) is 19.0. The first kappa shape index (κ1) is 55.6. The molecule has 0 aliphatic carbocycles. The predicted molar refractivity (Wildman–Crippen MR) is 290 cm³/mol. The van der Waals surface area contributed by atoms with Gasteiger partial charge in [-0.25, -0.2) is 0 Å². The van der Waals surface area contributed by atoms with Crippen molar-refractivity contribution in [2.75, 3.05) is 37.9 Å². The molecule has 66 heavy (non-hydrogen) atoms. The van der Waals surface area contributed by atoms with Crippen molar-refractivity contribution >= 4 is 44.6 Å². The SMILES string of the molecule is CC(C)(C)[Si](C)(C)OC[C@@]12CC[C@@](CO[Si](C)(C)C(C)(C)C)(CC(c3ccc(N)cc3)C1)O2.CC(C)(C)[Si](C)(C)OC[C@@]12CC[C@@](CO[Si](C)(C)C(C)(C)C)(CC(c3ccc(N)cc3)C1)O2. The highest BCUT2D eigenvalue weighted by Crippen LogP contribution is 2.57. The van der Waals surface area contributed by atoms with Crippen molar-refractivity contribution in [2.45, 2.75) is 241 Å². The molecule has 2 aromatic carbocycles. The highest BCUT2D eigenvalue weighted by atomic mass is 28.4. The fourth-order valence-corrected chi connectivity index (χ4v) is 13.5. The molecule has 0 spiro atoms. The van der Waals surface area contributed by atoms with Gasteiger partial charge in [0.05, 0.1) is 48.8 Å². The molecule has 0 saturated carbocycles. The van der Waals surface area contributed by atoms with Gasteiger partial charge in [-0.1, -0.05) is 107 Å². The zero-order valence-electron chi connectivity index (χ0n) is 45.9. The van der Waals surface area contributed by atoms with E-state index in [1.54, 1.807) is 0 Å². The van der Waals surface area contributed by atoms with E-state index in [1.165, 1.54) is 11.1 Å². The van der Waals surface area contributed by atoms with Gasteiger partial charge in [0.1, 0.15) is 0 Å². The highest BCUT2D eigenvalue weighted by Gasteiger charge is 2.59. The topological polar surface area (TPSA) is 107 Å². The Kier molecular flexibility index (Phi) is 16.0. The van der Waals surface area contributed by atoms with Gasteiger partial charge in [0.15, 0.2) is 33.3 Å². The van der Waals surface area contributed by atoms with Crippen molar-refractivity contribution < 1.29 is 27.2 Å². The first-order valence-electron chi connectivity index (χ1n) is 25.5. The molecule has 4 aliphatic heterocycles. The van der Waals surface area contributed by atoms with Crippen molar-refractivity contribution in [1.82, 2.24) is 0 Å². The third-order valence-electron chi connectivity index (χ3n) is 18.2. The normalized spacial score (nSPS) is 28.8. The fourth-order valence-electron chi connectivity index (χ4n) is 9.31. The zero-order valence-corrected chi connectivity index (χ0v) is 49.9. The average molecular weight is 984 g/mol. The second-order valence-electron chi connectivity index (χ2n) is 27.7. The van der Waals surface area contributed by atoms with E-state index in [1.807, 2.05) is 24.3 Å². The summed E-state index contributed by atoms with van der Waals surface area (Å²) in [6, 6.07) is 16.9. The number of benzene rings is 2. The molecule has 4 aliphatic rings. The lowest BCUT2D eigenvalue weighted by molar-refractivity contribution is -0.173. The van der Waals surface area contributed by atoms with E-state index in [9.17, 15) is 0 Å². The molecule has 4 bridgehead atoms. The van der Waals surface area contributed by atoms with Gasteiger partial charge in [-0.3, -0.25) is 0 Å². The van der Waals surface area contributed by atoms with Crippen LogP contribution in [0.4, 0.5) is 11.4 Å². The molecule has 376 valence electrons. The summed E-state index contributed by atoms with van der Waals surface area (Å²) >= 11 is 0. The molecular weight excluding hydrogens is 885 g/mol. The smallest absolute Gasteiger partial charge is 0.192 e. The van der Waals surface area contributed by atoms with Crippen LogP contribution in [0.3, 0.4) is 0 Å². The maximum absolute atomic E-state index is 7.03. The van der Waals surface area contributed by atoms with E-state index in [0.717, 1.165) is 62.7 Å². The van der Waals surface area contributed by atoms with Crippen LogP contribution in [0.5, 0.6) is 0 Å². The molecule has 8 nitrogen and oxygen atoms in total. The van der Waals surface area contributed by atoms with Crippen LogP contribution >= 0.6 is 0 Å². The van der Waals surface area contributed by atoms with Gasteiger partial charge in [0, 0.05) is 11.4 Å². The summed E-state index contributed by atoms with van der Waals surface area (Å²) in [7, 11) is -7.44. The quantitative estimate of drug-likeness (QED) is 0.142. The number of rotatable bonds is 14. The second-order valence-corrected chi connectivity index (χ2v) is 46.9. The van der Waals surface area contributed by atoms with E-state index in [0.29, 0.717) is 38.3 Å². The summed E-state index contributed by atoms with van der Waals surface area (Å²) in [5.74, 6) is 0.876. The van der Waals surface area contributed by atoms with Gasteiger partial charge < -0.3 is 38.6 Å². The van der Waals surface area contributed by atoms with Crippen LogP contribution in [0.25, 0.3) is 0 Å². The third kappa shape index (κ3) is 12.8. The molecule has 6 rings (SSSR count). The number of nitrogen functional groups attached to an aromatic ring is 2. The largest absolute Gasteiger partial charge is 0.414 e. The summed E-state index contributed by atoms with van der Waals surface area (Å²) in [4.78, 5) is 0. The molecule has 4 N–H and O–H groups in total. The minimum Gasteiger partial charge on any atom is -0.414 e. The Bertz CT molecular complexity index is 1700. The number of hydrogen-bond donors (Lipinski definition) is 2. The Balaban J connectivity index is 0.000000247. The van der Waals surface area contributed by atoms with E-state index < -0.39 is 33.3 Å². The third-order valence-corrected chi connectivity index (χ3v) is 36.2. The molecule has 4 fully saturated rings.